The molecule has 2 aromatic rings. The highest BCUT2D eigenvalue weighted by molar-refractivity contribution is 6.31. The van der Waals surface area contributed by atoms with Crippen LogP contribution in [0.3, 0.4) is 0 Å². The smallest absolute Gasteiger partial charge is 0.233 e. The molecule has 0 spiro atoms. The van der Waals surface area contributed by atoms with Gasteiger partial charge in [0.2, 0.25) is 11.8 Å². The predicted octanol–water partition coefficient (Wildman–Crippen LogP) is 3.13. The zero-order chi connectivity index (χ0) is 17.5. The molecule has 2 aromatic carbocycles. The van der Waals surface area contributed by atoms with Gasteiger partial charge in [0, 0.05) is 17.8 Å². The fraction of sp³-hybridized carbons (Fsp3) is 0.176. The minimum Gasteiger partial charge on any atom is -0.496 e. The van der Waals surface area contributed by atoms with E-state index in [1.807, 2.05) is 18.2 Å². The van der Waals surface area contributed by atoms with Crippen molar-refractivity contribution in [2.24, 2.45) is 0 Å². The Kier molecular flexibility index (Phi) is 6.14. The number of hydrogen-bond donors (Lipinski definition) is 2. The van der Waals surface area contributed by atoms with Crippen LogP contribution in [0.15, 0.2) is 42.5 Å². The number of carbonyl (C=O) groups excluding carboxylic acids is 2. The monoisotopic (exact) mass is 350 g/mol. The van der Waals surface area contributed by atoms with Crippen molar-refractivity contribution in [2.75, 3.05) is 12.4 Å². The Bertz CT molecular complexity index is 752. The molecule has 7 heteroatoms. The molecule has 0 aliphatic rings. The Balaban J connectivity index is 1.85. The number of amides is 2. The lowest BCUT2D eigenvalue weighted by molar-refractivity contribution is -0.126. The van der Waals surface area contributed by atoms with E-state index in [-0.39, 0.29) is 18.0 Å². The second kappa shape index (κ2) is 8.31. The molecule has 0 unspecified atom stereocenters. The second-order valence-electron chi connectivity index (χ2n) is 4.94. The largest absolute Gasteiger partial charge is 0.496 e. The molecule has 2 N–H and O–H groups in total. The first-order valence-corrected chi connectivity index (χ1v) is 7.51. The molecule has 0 saturated heterocycles. The van der Waals surface area contributed by atoms with Crippen LogP contribution in [0.2, 0.25) is 5.02 Å². The number of benzene rings is 2. The van der Waals surface area contributed by atoms with Gasteiger partial charge in [-0.05, 0) is 24.3 Å². The van der Waals surface area contributed by atoms with E-state index in [1.54, 1.807) is 13.2 Å². The van der Waals surface area contributed by atoms with Gasteiger partial charge in [-0.2, -0.15) is 0 Å². The maximum Gasteiger partial charge on any atom is 0.233 e. The zero-order valence-corrected chi connectivity index (χ0v) is 13.7. The minimum absolute atomic E-state index is 0.103. The highest BCUT2D eigenvalue weighted by Crippen LogP contribution is 2.19. The molecule has 0 atom stereocenters. The summed E-state index contributed by atoms with van der Waals surface area (Å²) in [6.07, 6.45) is -0.357. The molecule has 0 fully saturated rings. The van der Waals surface area contributed by atoms with Crippen LogP contribution in [0.1, 0.15) is 12.0 Å². The number of halogens is 2. The molecule has 0 aromatic heterocycles. The van der Waals surface area contributed by atoms with Crippen molar-refractivity contribution < 1.29 is 18.7 Å². The van der Waals surface area contributed by atoms with Gasteiger partial charge in [-0.1, -0.05) is 29.8 Å². The molecule has 24 heavy (non-hydrogen) atoms. The third-order valence-corrected chi connectivity index (χ3v) is 3.48. The lowest BCUT2D eigenvalue weighted by Gasteiger charge is -2.10. The van der Waals surface area contributed by atoms with E-state index < -0.39 is 17.6 Å². The molecular weight excluding hydrogens is 335 g/mol. The van der Waals surface area contributed by atoms with E-state index in [4.69, 9.17) is 16.3 Å². The first kappa shape index (κ1) is 17.7. The molecule has 2 amide bonds. The third-order valence-electron chi connectivity index (χ3n) is 3.19. The number of rotatable bonds is 6. The summed E-state index contributed by atoms with van der Waals surface area (Å²) in [5, 5.41) is 5.03. The summed E-state index contributed by atoms with van der Waals surface area (Å²) in [6.45, 7) is 0.249. The third kappa shape index (κ3) is 4.96. The summed E-state index contributed by atoms with van der Waals surface area (Å²) in [6, 6.07) is 11.0. The lowest BCUT2D eigenvalue weighted by Crippen LogP contribution is -2.27. The van der Waals surface area contributed by atoms with Crippen LogP contribution in [0.4, 0.5) is 10.1 Å². The van der Waals surface area contributed by atoms with Crippen molar-refractivity contribution in [2.45, 2.75) is 13.0 Å². The summed E-state index contributed by atoms with van der Waals surface area (Å²) in [4.78, 5) is 23.7. The Morgan fingerprint density at radius 1 is 1.17 bits per heavy atom. The molecule has 126 valence electrons. The summed E-state index contributed by atoms with van der Waals surface area (Å²) in [5.41, 5.74) is 1.13. The average Bonchev–Trinajstić information content (AvgIpc) is 2.56. The number of nitrogens with one attached hydrogen (secondary N) is 2. The van der Waals surface area contributed by atoms with E-state index in [2.05, 4.69) is 10.6 Å². The molecule has 0 radical (unpaired) electrons. The van der Waals surface area contributed by atoms with Crippen LogP contribution in [-0.4, -0.2) is 18.9 Å². The van der Waals surface area contributed by atoms with Gasteiger partial charge in [-0.25, -0.2) is 4.39 Å². The van der Waals surface area contributed by atoms with Gasteiger partial charge in [0.1, 0.15) is 18.0 Å². The molecule has 0 bridgehead atoms. The van der Waals surface area contributed by atoms with E-state index in [9.17, 15) is 14.0 Å². The second-order valence-corrected chi connectivity index (χ2v) is 5.35. The Morgan fingerprint density at radius 3 is 2.62 bits per heavy atom. The van der Waals surface area contributed by atoms with Gasteiger partial charge in [-0.3, -0.25) is 9.59 Å². The standard InChI is InChI=1S/C17H16ClFN2O3/c1-24-15-5-3-2-4-11(15)10-20-16(22)9-17(23)21-12-6-7-14(19)13(18)8-12/h2-8H,9-10H2,1H3,(H,20,22)(H,21,23). The van der Waals surface area contributed by atoms with Crippen molar-refractivity contribution in [3.8, 4) is 5.75 Å². The van der Waals surface area contributed by atoms with Crippen LogP contribution in [0.25, 0.3) is 0 Å². The molecule has 0 aliphatic carbocycles. The SMILES string of the molecule is COc1ccccc1CNC(=O)CC(=O)Nc1ccc(F)c(Cl)c1. The number of methoxy groups -OCH3 is 1. The van der Waals surface area contributed by atoms with Crippen molar-refractivity contribution >= 4 is 29.1 Å². The van der Waals surface area contributed by atoms with Crippen molar-refractivity contribution in [3.05, 3.63) is 58.9 Å². The highest BCUT2D eigenvalue weighted by atomic mass is 35.5. The van der Waals surface area contributed by atoms with E-state index in [0.29, 0.717) is 11.4 Å². The molecule has 5 nitrogen and oxygen atoms in total. The van der Waals surface area contributed by atoms with Gasteiger partial charge in [0.15, 0.2) is 0 Å². The number of ether oxygens (including phenoxy) is 1. The molecular formula is C17H16ClFN2O3. The molecule has 2 rings (SSSR count). The number of carbonyl (C=O) groups is 2. The first-order valence-electron chi connectivity index (χ1n) is 7.13. The molecule has 0 saturated carbocycles. The maximum absolute atomic E-state index is 13.1. The van der Waals surface area contributed by atoms with E-state index in [1.165, 1.54) is 12.1 Å². The van der Waals surface area contributed by atoms with Gasteiger partial charge < -0.3 is 15.4 Å². The van der Waals surface area contributed by atoms with Crippen LogP contribution >= 0.6 is 11.6 Å². The number of anilines is 1. The summed E-state index contributed by atoms with van der Waals surface area (Å²) >= 11 is 5.63. The Morgan fingerprint density at radius 2 is 1.92 bits per heavy atom. The van der Waals surface area contributed by atoms with Crippen LogP contribution in [-0.2, 0) is 16.1 Å². The Labute approximate surface area is 143 Å². The van der Waals surface area contributed by atoms with Crippen LogP contribution < -0.4 is 15.4 Å². The normalized spacial score (nSPS) is 10.1. The van der Waals surface area contributed by atoms with Gasteiger partial charge in [-0.15, -0.1) is 0 Å². The van der Waals surface area contributed by atoms with Gasteiger partial charge >= 0.3 is 0 Å². The fourth-order valence-electron chi connectivity index (χ4n) is 2.03. The lowest BCUT2D eigenvalue weighted by atomic mass is 10.2. The number of para-hydroxylation sites is 1. The highest BCUT2D eigenvalue weighted by Gasteiger charge is 2.11. The predicted molar refractivity (Wildman–Crippen MR) is 89.5 cm³/mol. The molecule has 0 heterocycles. The summed E-state index contributed by atoms with van der Waals surface area (Å²) < 4.78 is 18.2. The zero-order valence-electron chi connectivity index (χ0n) is 12.9. The minimum atomic E-state index is -0.579. The summed E-state index contributed by atoms with van der Waals surface area (Å²) in [5.74, 6) is -0.880. The van der Waals surface area contributed by atoms with E-state index in [0.717, 1.165) is 11.6 Å². The molecule has 0 aliphatic heterocycles. The quantitative estimate of drug-likeness (QED) is 0.786. The first-order chi connectivity index (χ1) is 11.5. The van der Waals surface area contributed by atoms with Crippen LogP contribution in [0.5, 0.6) is 5.75 Å². The summed E-state index contributed by atoms with van der Waals surface area (Å²) in [7, 11) is 1.54. The van der Waals surface area contributed by atoms with Crippen LogP contribution in [0, 0.1) is 5.82 Å². The van der Waals surface area contributed by atoms with Crippen molar-refractivity contribution in [3.63, 3.8) is 0 Å². The topological polar surface area (TPSA) is 67.4 Å². The van der Waals surface area contributed by atoms with Gasteiger partial charge in [0.05, 0.1) is 12.1 Å². The average molecular weight is 351 g/mol. The Hall–Kier alpha value is -2.60. The van der Waals surface area contributed by atoms with Gasteiger partial charge in [0.25, 0.3) is 0 Å². The van der Waals surface area contributed by atoms with Crippen molar-refractivity contribution in [1.82, 2.24) is 5.32 Å². The number of hydrogen-bond acceptors (Lipinski definition) is 3. The fourth-order valence-corrected chi connectivity index (χ4v) is 2.21. The van der Waals surface area contributed by atoms with Crippen molar-refractivity contribution in [1.29, 1.82) is 0 Å². The van der Waals surface area contributed by atoms with E-state index >= 15 is 0 Å². The maximum atomic E-state index is 13.1.